The van der Waals surface area contributed by atoms with Crippen LogP contribution in [0.4, 0.5) is 0 Å². The Morgan fingerprint density at radius 3 is 2.70 bits per heavy atom. The Morgan fingerprint density at radius 1 is 1.45 bits per heavy atom. The van der Waals surface area contributed by atoms with Crippen molar-refractivity contribution in [2.24, 2.45) is 11.7 Å². The van der Waals surface area contributed by atoms with Gasteiger partial charge in [-0.25, -0.2) is 0 Å². The van der Waals surface area contributed by atoms with E-state index in [2.05, 4.69) is 15.9 Å². The summed E-state index contributed by atoms with van der Waals surface area (Å²) in [7, 11) is 0. The minimum absolute atomic E-state index is 0.00618. The van der Waals surface area contributed by atoms with E-state index in [9.17, 15) is 9.59 Å². The summed E-state index contributed by atoms with van der Waals surface area (Å²) in [6.07, 6.45) is 3.53. The molecule has 110 valence electrons. The maximum absolute atomic E-state index is 12.2. The number of nitrogens with zero attached hydrogens (tertiary/aromatic N) is 2. The Kier molecular flexibility index (Phi) is 4.99. The van der Waals surface area contributed by atoms with E-state index >= 15 is 0 Å². The van der Waals surface area contributed by atoms with Gasteiger partial charge < -0.3 is 15.2 Å². The third-order valence-corrected chi connectivity index (χ3v) is 4.36. The third-order valence-electron chi connectivity index (χ3n) is 3.89. The first-order valence-corrected chi connectivity index (χ1v) is 7.66. The predicted molar refractivity (Wildman–Crippen MR) is 81.4 cm³/mol. The van der Waals surface area contributed by atoms with E-state index in [1.807, 2.05) is 11.8 Å². The summed E-state index contributed by atoms with van der Waals surface area (Å²) in [5.41, 5.74) is 5.73. The smallest absolute Gasteiger partial charge is 0.251 e. The lowest BCUT2D eigenvalue weighted by atomic mass is 9.91. The molecule has 6 heteroatoms. The zero-order chi connectivity index (χ0) is 14.7. The summed E-state index contributed by atoms with van der Waals surface area (Å²) in [6.45, 7) is 3.58. The van der Waals surface area contributed by atoms with Crippen LogP contribution in [0.3, 0.4) is 0 Å². The average molecular weight is 342 g/mol. The van der Waals surface area contributed by atoms with E-state index in [4.69, 9.17) is 5.73 Å². The van der Waals surface area contributed by atoms with Crippen LogP contribution in [0.5, 0.6) is 0 Å². The SMILES string of the molecule is CC(N)C1CCN(C(=O)Cn2cc(Br)ccc2=O)CC1. The number of aromatic nitrogens is 1. The molecule has 20 heavy (non-hydrogen) atoms. The molecule has 2 rings (SSSR count). The van der Waals surface area contributed by atoms with Gasteiger partial charge in [0.15, 0.2) is 0 Å². The first-order valence-electron chi connectivity index (χ1n) is 6.86. The standard InChI is InChI=1S/C14H20BrN3O2/c1-10(16)11-4-6-17(7-5-11)14(20)9-18-8-12(15)2-3-13(18)19/h2-3,8,10-11H,4-7,9,16H2,1H3. The van der Waals surface area contributed by atoms with E-state index in [1.54, 1.807) is 12.3 Å². The van der Waals surface area contributed by atoms with Gasteiger partial charge in [-0.1, -0.05) is 0 Å². The zero-order valence-corrected chi connectivity index (χ0v) is 13.2. The highest BCUT2D eigenvalue weighted by Gasteiger charge is 2.24. The molecule has 1 aromatic heterocycles. The first-order chi connectivity index (χ1) is 9.47. The quantitative estimate of drug-likeness (QED) is 0.897. The normalized spacial score (nSPS) is 18.1. The molecule has 0 aliphatic carbocycles. The Morgan fingerprint density at radius 2 is 2.10 bits per heavy atom. The molecule has 0 spiro atoms. The van der Waals surface area contributed by atoms with E-state index in [1.165, 1.54) is 10.6 Å². The summed E-state index contributed by atoms with van der Waals surface area (Å²) in [6, 6.07) is 3.32. The molecule has 0 radical (unpaired) electrons. The second-order valence-corrected chi connectivity index (χ2v) is 6.31. The maximum Gasteiger partial charge on any atom is 0.251 e. The highest BCUT2D eigenvalue weighted by molar-refractivity contribution is 9.10. The summed E-state index contributed by atoms with van der Waals surface area (Å²) >= 11 is 3.31. The van der Waals surface area contributed by atoms with Crippen LogP contribution in [0.2, 0.25) is 0 Å². The van der Waals surface area contributed by atoms with Crippen molar-refractivity contribution in [3.05, 3.63) is 33.2 Å². The molecule has 2 heterocycles. The molecule has 1 unspecified atom stereocenters. The number of halogens is 1. The van der Waals surface area contributed by atoms with Crippen molar-refractivity contribution in [1.82, 2.24) is 9.47 Å². The Balaban J connectivity index is 1.96. The minimum Gasteiger partial charge on any atom is -0.341 e. The Hall–Kier alpha value is -1.14. The number of pyridine rings is 1. The number of carbonyl (C=O) groups is 1. The van der Waals surface area contributed by atoms with Crippen LogP contribution in [0.1, 0.15) is 19.8 Å². The van der Waals surface area contributed by atoms with Crippen molar-refractivity contribution in [3.63, 3.8) is 0 Å². The van der Waals surface area contributed by atoms with E-state index in [0.717, 1.165) is 30.4 Å². The molecule has 0 saturated carbocycles. The number of rotatable bonds is 3. The molecule has 1 aliphatic rings. The van der Waals surface area contributed by atoms with Crippen LogP contribution in [-0.2, 0) is 11.3 Å². The average Bonchev–Trinajstić information content (AvgIpc) is 2.43. The van der Waals surface area contributed by atoms with Gasteiger partial charge in [-0.15, -0.1) is 0 Å². The lowest BCUT2D eigenvalue weighted by Gasteiger charge is -2.33. The molecular weight excluding hydrogens is 322 g/mol. The fourth-order valence-electron chi connectivity index (χ4n) is 2.55. The van der Waals surface area contributed by atoms with Gasteiger partial charge in [-0.05, 0) is 47.7 Å². The fourth-order valence-corrected chi connectivity index (χ4v) is 2.93. The molecular formula is C14H20BrN3O2. The van der Waals surface area contributed by atoms with Crippen molar-refractivity contribution in [3.8, 4) is 0 Å². The number of amides is 1. The summed E-state index contributed by atoms with van der Waals surface area (Å²) in [4.78, 5) is 25.7. The minimum atomic E-state index is -0.160. The number of hydrogen-bond donors (Lipinski definition) is 1. The highest BCUT2D eigenvalue weighted by atomic mass is 79.9. The molecule has 1 atom stereocenters. The van der Waals surface area contributed by atoms with Crippen molar-refractivity contribution >= 4 is 21.8 Å². The van der Waals surface area contributed by atoms with Crippen molar-refractivity contribution in [2.75, 3.05) is 13.1 Å². The molecule has 1 amide bonds. The van der Waals surface area contributed by atoms with Crippen molar-refractivity contribution in [1.29, 1.82) is 0 Å². The molecule has 0 aromatic carbocycles. The molecule has 1 aliphatic heterocycles. The maximum atomic E-state index is 12.2. The van der Waals surface area contributed by atoms with Gasteiger partial charge in [0.05, 0.1) is 0 Å². The third kappa shape index (κ3) is 3.70. The van der Waals surface area contributed by atoms with Crippen molar-refractivity contribution < 1.29 is 4.79 Å². The number of piperidine rings is 1. The second kappa shape index (κ2) is 6.54. The number of carbonyl (C=O) groups excluding carboxylic acids is 1. The van der Waals surface area contributed by atoms with Crippen LogP contribution >= 0.6 is 15.9 Å². The predicted octanol–water partition coefficient (Wildman–Crippen LogP) is 1.20. The molecule has 2 N–H and O–H groups in total. The summed E-state index contributed by atoms with van der Waals surface area (Å²) in [5.74, 6) is 0.487. The first kappa shape index (κ1) is 15.3. The molecule has 5 nitrogen and oxygen atoms in total. The van der Waals surface area contributed by atoms with Crippen LogP contribution in [0.25, 0.3) is 0 Å². The fraction of sp³-hybridized carbons (Fsp3) is 0.571. The van der Waals surface area contributed by atoms with E-state index < -0.39 is 0 Å². The summed E-state index contributed by atoms with van der Waals surface area (Å²) in [5, 5.41) is 0. The van der Waals surface area contributed by atoms with Crippen LogP contribution in [-0.4, -0.2) is 34.5 Å². The number of nitrogens with two attached hydrogens (primary N) is 1. The monoisotopic (exact) mass is 341 g/mol. The second-order valence-electron chi connectivity index (χ2n) is 5.39. The highest BCUT2D eigenvalue weighted by Crippen LogP contribution is 2.19. The number of hydrogen-bond acceptors (Lipinski definition) is 3. The van der Waals surface area contributed by atoms with E-state index in [0.29, 0.717) is 5.92 Å². The summed E-state index contributed by atoms with van der Waals surface area (Å²) < 4.78 is 2.23. The lowest BCUT2D eigenvalue weighted by Crippen LogP contribution is -2.44. The van der Waals surface area contributed by atoms with Gasteiger partial charge in [0.1, 0.15) is 6.54 Å². The topological polar surface area (TPSA) is 68.3 Å². The molecule has 0 bridgehead atoms. The van der Waals surface area contributed by atoms with Gasteiger partial charge in [0.2, 0.25) is 5.91 Å². The Bertz CT molecular complexity index is 533. The van der Waals surface area contributed by atoms with Crippen LogP contribution in [0.15, 0.2) is 27.6 Å². The molecule has 1 saturated heterocycles. The van der Waals surface area contributed by atoms with Crippen LogP contribution < -0.4 is 11.3 Å². The van der Waals surface area contributed by atoms with Gasteiger partial charge >= 0.3 is 0 Å². The van der Waals surface area contributed by atoms with Crippen molar-refractivity contribution in [2.45, 2.75) is 32.4 Å². The van der Waals surface area contributed by atoms with E-state index in [-0.39, 0.29) is 24.1 Å². The number of likely N-dealkylation sites (tertiary alicyclic amines) is 1. The largest absolute Gasteiger partial charge is 0.341 e. The van der Waals surface area contributed by atoms with Gasteiger partial charge in [0, 0.05) is 35.9 Å². The van der Waals surface area contributed by atoms with Gasteiger partial charge in [-0.3, -0.25) is 9.59 Å². The Labute approximate surface area is 126 Å². The lowest BCUT2D eigenvalue weighted by molar-refractivity contribution is -0.133. The molecule has 1 aromatic rings. The molecule has 1 fully saturated rings. The van der Waals surface area contributed by atoms with Crippen LogP contribution in [0, 0.1) is 5.92 Å². The van der Waals surface area contributed by atoms with Gasteiger partial charge in [0.25, 0.3) is 5.56 Å². The zero-order valence-electron chi connectivity index (χ0n) is 11.6. The van der Waals surface area contributed by atoms with Gasteiger partial charge in [-0.2, -0.15) is 0 Å².